The van der Waals surface area contributed by atoms with Gasteiger partial charge in [0.15, 0.2) is 0 Å². The third kappa shape index (κ3) is 4.57. The summed E-state index contributed by atoms with van der Waals surface area (Å²) >= 11 is 0. The standard InChI is InChI=1S/C31H30N2O5/c1-20-17-22(13-14-26(20)38-19-21-9-5-4-6-10-21)29(34)27-28(33(15-16-37-3)31(36)30(27)35)24-18-32(2)25-12-8-7-11-23(24)25/h4-14,17-18,28,34H,15-16,19H2,1-3H3/b29-27+. The molecule has 7 heteroatoms. The van der Waals surface area contributed by atoms with E-state index in [9.17, 15) is 14.7 Å². The predicted molar refractivity (Wildman–Crippen MR) is 146 cm³/mol. The monoisotopic (exact) mass is 510 g/mol. The number of aryl methyl sites for hydroxylation is 2. The zero-order valence-corrected chi connectivity index (χ0v) is 21.7. The second-order valence-corrected chi connectivity index (χ2v) is 9.45. The summed E-state index contributed by atoms with van der Waals surface area (Å²) in [4.78, 5) is 28.0. The highest BCUT2D eigenvalue weighted by Crippen LogP contribution is 2.42. The quantitative estimate of drug-likeness (QED) is 0.202. The normalized spacial score (nSPS) is 16.9. The van der Waals surface area contributed by atoms with Crippen molar-refractivity contribution in [3.8, 4) is 5.75 Å². The molecule has 5 rings (SSSR count). The molecular weight excluding hydrogens is 480 g/mol. The van der Waals surface area contributed by atoms with Crippen LogP contribution in [0.1, 0.15) is 28.3 Å². The number of likely N-dealkylation sites (tertiary alicyclic amines) is 1. The Bertz CT molecular complexity index is 1540. The lowest BCUT2D eigenvalue weighted by atomic mass is 9.94. The van der Waals surface area contributed by atoms with Gasteiger partial charge in [0.05, 0.1) is 18.2 Å². The van der Waals surface area contributed by atoms with Gasteiger partial charge in [-0.1, -0.05) is 48.5 Å². The summed E-state index contributed by atoms with van der Waals surface area (Å²) in [6.45, 7) is 2.78. The van der Waals surface area contributed by atoms with Gasteiger partial charge in [0.2, 0.25) is 0 Å². The molecule has 38 heavy (non-hydrogen) atoms. The maximum absolute atomic E-state index is 13.4. The van der Waals surface area contributed by atoms with E-state index in [1.807, 2.05) is 79.3 Å². The van der Waals surface area contributed by atoms with Gasteiger partial charge in [0, 0.05) is 48.9 Å². The molecule has 1 saturated heterocycles. The SMILES string of the molecule is COCCN1C(=O)C(=O)/C(=C(/O)c2ccc(OCc3ccccc3)c(C)c2)C1c1cn(C)c2ccccc12. The van der Waals surface area contributed by atoms with Crippen molar-refractivity contribution in [2.24, 2.45) is 7.05 Å². The predicted octanol–water partition coefficient (Wildman–Crippen LogP) is 5.13. The molecule has 1 fully saturated rings. The highest BCUT2D eigenvalue weighted by atomic mass is 16.5. The molecule has 0 radical (unpaired) electrons. The molecule has 0 saturated carbocycles. The van der Waals surface area contributed by atoms with E-state index in [2.05, 4.69) is 0 Å². The third-order valence-electron chi connectivity index (χ3n) is 6.98. The molecule has 1 unspecified atom stereocenters. The highest BCUT2D eigenvalue weighted by molar-refractivity contribution is 6.46. The number of aliphatic hydroxyl groups is 1. The van der Waals surface area contributed by atoms with E-state index in [-0.39, 0.29) is 24.5 Å². The zero-order valence-electron chi connectivity index (χ0n) is 21.7. The van der Waals surface area contributed by atoms with Crippen LogP contribution in [0.4, 0.5) is 0 Å². The van der Waals surface area contributed by atoms with Crippen molar-refractivity contribution in [1.29, 1.82) is 0 Å². The Morgan fingerprint density at radius 3 is 2.47 bits per heavy atom. The van der Waals surface area contributed by atoms with Crippen LogP contribution in [0.15, 0.2) is 84.6 Å². The molecular formula is C31H30N2O5. The maximum Gasteiger partial charge on any atom is 0.295 e. The number of fused-ring (bicyclic) bond motifs is 1. The smallest absolute Gasteiger partial charge is 0.295 e. The Hall–Kier alpha value is -4.36. The van der Waals surface area contributed by atoms with Crippen molar-refractivity contribution < 1.29 is 24.2 Å². The van der Waals surface area contributed by atoms with E-state index in [1.54, 1.807) is 25.3 Å². The van der Waals surface area contributed by atoms with Gasteiger partial charge in [0.25, 0.3) is 11.7 Å². The lowest BCUT2D eigenvalue weighted by molar-refractivity contribution is -0.140. The van der Waals surface area contributed by atoms with E-state index in [1.165, 1.54) is 4.90 Å². The molecule has 3 aromatic carbocycles. The van der Waals surface area contributed by atoms with Crippen LogP contribution in [0.5, 0.6) is 5.75 Å². The number of Topliss-reactive ketones (excluding diaryl/α,β-unsaturated/α-hetero) is 1. The third-order valence-corrected chi connectivity index (χ3v) is 6.98. The molecule has 1 N–H and O–H groups in total. The van der Waals surface area contributed by atoms with Gasteiger partial charge in [-0.3, -0.25) is 9.59 Å². The highest BCUT2D eigenvalue weighted by Gasteiger charge is 2.46. The van der Waals surface area contributed by atoms with Crippen LogP contribution in [-0.2, 0) is 28.0 Å². The molecule has 1 atom stereocenters. The number of rotatable bonds is 8. The van der Waals surface area contributed by atoms with Crippen LogP contribution in [0.3, 0.4) is 0 Å². The fourth-order valence-corrected chi connectivity index (χ4v) is 5.06. The Kier molecular flexibility index (Phi) is 7.03. The molecule has 0 bridgehead atoms. The first kappa shape index (κ1) is 25.3. The number of para-hydroxylation sites is 1. The van der Waals surface area contributed by atoms with E-state index in [4.69, 9.17) is 9.47 Å². The molecule has 194 valence electrons. The summed E-state index contributed by atoms with van der Waals surface area (Å²) in [6, 6.07) is 22.2. The number of methoxy groups -OCH3 is 1. The van der Waals surface area contributed by atoms with Crippen molar-refractivity contribution in [1.82, 2.24) is 9.47 Å². The second kappa shape index (κ2) is 10.6. The van der Waals surface area contributed by atoms with Gasteiger partial charge in [-0.05, 0) is 42.3 Å². The number of aromatic nitrogens is 1. The Balaban J connectivity index is 1.56. The summed E-state index contributed by atoms with van der Waals surface area (Å²) in [5.74, 6) is -0.893. The number of hydrogen-bond donors (Lipinski definition) is 1. The van der Waals surface area contributed by atoms with Crippen LogP contribution in [0, 0.1) is 6.92 Å². The van der Waals surface area contributed by atoms with Crippen LogP contribution < -0.4 is 4.74 Å². The van der Waals surface area contributed by atoms with Gasteiger partial charge in [-0.15, -0.1) is 0 Å². The van der Waals surface area contributed by atoms with Crippen LogP contribution in [0.25, 0.3) is 16.7 Å². The first-order chi connectivity index (χ1) is 18.4. The Labute approximate surface area is 221 Å². The number of hydrogen-bond acceptors (Lipinski definition) is 5. The number of benzene rings is 3. The summed E-state index contributed by atoms with van der Waals surface area (Å²) in [7, 11) is 3.47. The second-order valence-electron chi connectivity index (χ2n) is 9.45. The number of amides is 1. The fourth-order valence-electron chi connectivity index (χ4n) is 5.06. The molecule has 2 heterocycles. The van der Waals surface area contributed by atoms with Crippen LogP contribution in [0.2, 0.25) is 0 Å². The molecule has 4 aromatic rings. The maximum atomic E-state index is 13.4. The van der Waals surface area contributed by atoms with Crippen LogP contribution in [-0.4, -0.2) is 46.5 Å². The van der Waals surface area contributed by atoms with E-state index < -0.39 is 17.7 Å². The van der Waals surface area contributed by atoms with Crippen molar-refractivity contribution >= 4 is 28.4 Å². The molecule has 1 amide bonds. The van der Waals surface area contributed by atoms with Gasteiger partial charge in [-0.2, -0.15) is 0 Å². The van der Waals surface area contributed by atoms with Gasteiger partial charge >= 0.3 is 0 Å². The summed E-state index contributed by atoms with van der Waals surface area (Å²) in [5, 5.41) is 12.4. The average Bonchev–Trinajstić information content (AvgIpc) is 3.39. The topological polar surface area (TPSA) is 81.0 Å². The minimum atomic E-state index is -0.745. The number of nitrogens with zero attached hydrogens (tertiary/aromatic N) is 2. The minimum absolute atomic E-state index is 0.0693. The Morgan fingerprint density at radius 1 is 1.00 bits per heavy atom. The largest absolute Gasteiger partial charge is 0.507 e. The van der Waals surface area contributed by atoms with Crippen LogP contribution >= 0.6 is 0 Å². The molecule has 7 nitrogen and oxygen atoms in total. The molecule has 1 aliphatic heterocycles. The number of ether oxygens (including phenoxy) is 2. The van der Waals surface area contributed by atoms with Crippen molar-refractivity contribution in [2.75, 3.05) is 20.3 Å². The van der Waals surface area contributed by atoms with E-state index in [0.29, 0.717) is 17.9 Å². The molecule has 1 aliphatic rings. The number of carbonyl (C=O) groups is 2. The zero-order chi connectivity index (χ0) is 26.8. The van der Waals surface area contributed by atoms with E-state index in [0.717, 1.165) is 27.6 Å². The molecule has 0 aliphatic carbocycles. The number of carbonyl (C=O) groups excluding carboxylic acids is 2. The molecule has 1 aromatic heterocycles. The van der Waals surface area contributed by atoms with Crippen molar-refractivity contribution in [3.05, 3.63) is 107 Å². The summed E-state index contributed by atoms with van der Waals surface area (Å²) in [6.07, 6.45) is 1.92. The van der Waals surface area contributed by atoms with E-state index >= 15 is 0 Å². The van der Waals surface area contributed by atoms with Crippen molar-refractivity contribution in [3.63, 3.8) is 0 Å². The van der Waals surface area contributed by atoms with Gasteiger partial charge < -0.3 is 24.0 Å². The molecule has 0 spiro atoms. The average molecular weight is 511 g/mol. The summed E-state index contributed by atoms with van der Waals surface area (Å²) < 4.78 is 13.2. The number of ketones is 1. The van der Waals surface area contributed by atoms with Crippen molar-refractivity contribution in [2.45, 2.75) is 19.6 Å². The lowest BCUT2D eigenvalue weighted by Crippen LogP contribution is -2.32. The van der Waals surface area contributed by atoms with Gasteiger partial charge in [0.1, 0.15) is 18.1 Å². The number of aliphatic hydroxyl groups excluding tert-OH is 1. The first-order valence-electron chi connectivity index (χ1n) is 12.5. The first-order valence-corrected chi connectivity index (χ1v) is 12.5. The Morgan fingerprint density at radius 2 is 1.74 bits per heavy atom. The lowest BCUT2D eigenvalue weighted by Gasteiger charge is -2.24. The minimum Gasteiger partial charge on any atom is -0.507 e. The van der Waals surface area contributed by atoms with Gasteiger partial charge in [-0.25, -0.2) is 0 Å². The summed E-state index contributed by atoms with van der Waals surface area (Å²) in [5.41, 5.74) is 4.12. The fraction of sp³-hybridized carbons (Fsp3) is 0.226.